The SMILES string of the molecule is CCCC1CCC(N2CCCNC(C(C)C)C2)CC1. The normalized spacial score (nSPS) is 34.4. The van der Waals surface area contributed by atoms with E-state index in [2.05, 4.69) is 31.0 Å². The largest absolute Gasteiger partial charge is 0.312 e. The van der Waals surface area contributed by atoms with E-state index in [1.54, 1.807) is 0 Å². The number of hydrogen-bond acceptors (Lipinski definition) is 2. The van der Waals surface area contributed by atoms with E-state index in [4.69, 9.17) is 0 Å². The van der Waals surface area contributed by atoms with Crippen molar-refractivity contribution >= 4 is 0 Å². The van der Waals surface area contributed by atoms with Gasteiger partial charge in [-0.05, 0) is 57.0 Å². The Kier molecular flexibility index (Phi) is 6.15. The Morgan fingerprint density at radius 2 is 1.89 bits per heavy atom. The zero-order valence-corrected chi connectivity index (χ0v) is 13.3. The molecule has 1 N–H and O–H groups in total. The lowest BCUT2D eigenvalue weighted by Gasteiger charge is -2.38. The van der Waals surface area contributed by atoms with Gasteiger partial charge in [0.05, 0.1) is 0 Å². The van der Waals surface area contributed by atoms with Crippen molar-refractivity contribution in [3.63, 3.8) is 0 Å². The van der Waals surface area contributed by atoms with Crippen molar-refractivity contribution in [3.05, 3.63) is 0 Å². The van der Waals surface area contributed by atoms with E-state index in [9.17, 15) is 0 Å². The average molecular weight is 266 g/mol. The van der Waals surface area contributed by atoms with Crippen LogP contribution in [-0.4, -0.2) is 36.6 Å². The van der Waals surface area contributed by atoms with Gasteiger partial charge in [0.25, 0.3) is 0 Å². The molecule has 1 unspecified atom stereocenters. The maximum Gasteiger partial charge on any atom is 0.0218 e. The third-order valence-electron chi connectivity index (χ3n) is 5.29. The molecule has 1 atom stereocenters. The fraction of sp³-hybridized carbons (Fsp3) is 1.00. The summed E-state index contributed by atoms with van der Waals surface area (Å²) >= 11 is 0. The molecule has 0 amide bonds. The minimum absolute atomic E-state index is 0.705. The molecule has 0 aromatic heterocycles. The highest BCUT2D eigenvalue weighted by Crippen LogP contribution is 2.31. The first-order valence-electron chi connectivity index (χ1n) is 8.68. The Bertz CT molecular complexity index is 244. The molecule has 2 aliphatic rings. The first-order valence-corrected chi connectivity index (χ1v) is 8.68. The fourth-order valence-electron chi connectivity index (χ4n) is 3.96. The lowest BCUT2D eigenvalue weighted by atomic mass is 9.82. The van der Waals surface area contributed by atoms with Crippen LogP contribution in [0, 0.1) is 11.8 Å². The molecule has 1 aliphatic heterocycles. The van der Waals surface area contributed by atoms with Gasteiger partial charge in [-0.15, -0.1) is 0 Å². The monoisotopic (exact) mass is 266 g/mol. The van der Waals surface area contributed by atoms with Gasteiger partial charge < -0.3 is 5.32 Å². The fourth-order valence-corrected chi connectivity index (χ4v) is 3.96. The number of nitrogens with zero attached hydrogens (tertiary/aromatic N) is 1. The van der Waals surface area contributed by atoms with Crippen molar-refractivity contribution in [2.24, 2.45) is 11.8 Å². The van der Waals surface area contributed by atoms with Crippen molar-refractivity contribution < 1.29 is 0 Å². The van der Waals surface area contributed by atoms with Crippen LogP contribution < -0.4 is 5.32 Å². The van der Waals surface area contributed by atoms with E-state index in [0.29, 0.717) is 6.04 Å². The van der Waals surface area contributed by atoms with Gasteiger partial charge in [-0.2, -0.15) is 0 Å². The summed E-state index contributed by atoms with van der Waals surface area (Å²) < 4.78 is 0. The summed E-state index contributed by atoms with van der Waals surface area (Å²) in [6, 6.07) is 1.59. The maximum atomic E-state index is 3.74. The van der Waals surface area contributed by atoms with E-state index in [1.807, 2.05) is 0 Å². The highest BCUT2D eigenvalue weighted by molar-refractivity contribution is 4.85. The van der Waals surface area contributed by atoms with Crippen molar-refractivity contribution in [3.8, 4) is 0 Å². The van der Waals surface area contributed by atoms with Crippen LogP contribution in [0.3, 0.4) is 0 Å². The predicted octanol–water partition coefficient (Wildman–Crippen LogP) is 3.67. The zero-order valence-electron chi connectivity index (χ0n) is 13.3. The molecule has 0 spiro atoms. The quantitative estimate of drug-likeness (QED) is 0.835. The molecule has 1 saturated heterocycles. The summed E-state index contributed by atoms with van der Waals surface area (Å²) in [5.41, 5.74) is 0. The second-order valence-electron chi connectivity index (χ2n) is 7.12. The highest BCUT2D eigenvalue weighted by Gasteiger charge is 2.28. The van der Waals surface area contributed by atoms with E-state index in [-0.39, 0.29) is 0 Å². The van der Waals surface area contributed by atoms with Crippen LogP contribution in [0.25, 0.3) is 0 Å². The molecule has 2 nitrogen and oxygen atoms in total. The van der Waals surface area contributed by atoms with E-state index < -0.39 is 0 Å². The Hall–Kier alpha value is -0.0800. The molecule has 1 aliphatic carbocycles. The lowest BCUT2D eigenvalue weighted by Crippen LogP contribution is -2.46. The summed E-state index contributed by atoms with van der Waals surface area (Å²) in [4.78, 5) is 2.81. The van der Waals surface area contributed by atoms with E-state index in [1.165, 1.54) is 64.6 Å². The number of nitrogens with one attached hydrogen (secondary N) is 1. The smallest absolute Gasteiger partial charge is 0.0218 e. The Labute approximate surface area is 120 Å². The molecule has 2 fully saturated rings. The van der Waals surface area contributed by atoms with Gasteiger partial charge in [-0.1, -0.05) is 33.6 Å². The standard InChI is InChI=1S/C17H34N2/c1-4-6-15-7-9-16(10-8-15)19-12-5-11-18-17(13-19)14(2)3/h14-18H,4-13H2,1-3H3. The second-order valence-corrected chi connectivity index (χ2v) is 7.12. The van der Waals surface area contributed by atoms with Crippen LogP contribution in [0.2, 0.25) is 0 Å². The number of hydrogen-bond donors (Lipinski definition) is 1. The Morgan fingerprint density at radius 3 is 2.53 bits per heavy atom. The van der Waals surface area contributed by atoms with Crippen LogP contribution in [0.4, 0.5) is 0 Å². The van der Waals surface area contributed by atoms with Crippen molar-refractivity contribution in [2.75, 3.05) is 19.6 Å². The molecule has 0 radical (unpaired) electrons. The second kappa shape index (κ2) is 7.64. The van der Waals surface area contributed by atoms with Crippen LogP contribution >= 0.6 is 0 Å². The van der Waals surface area contributed by atoms with Gasteiger partial charge in [-0.25, -0.2) is 0 Å². The molecular formula is C17H34N2. The molecule has 0 bridgehead atoms. The zero-order chi connectivity index (χ0) is 13.7. The van der Waals surface area contributed by atoms with Gasteiger partial charge in [-0.3, -0.25) is 4.90 Å². The van der Waals surface area contributed by atoms with Gasteiger partial charge >= 0.3 is 0 Å². The van der Waals surface area contributed by atoms with Crippen molar-refractivity contribution in [1.29, 1.82) is 0 Å². The maximum absolute atomic E-state index is 3.74. The topological polar surface area (TPSA) is 15.3 Å². The molecule has 1 saturated carbocycles. The number of rotatable bonds is 4. The molecule has 1 heterocycles. The Morgan fingerprint density at radius 1 is 1.16 bits per heavy atom. The van der Waals surface area contributed by atoms with E-state index in [0.717, 1.165) is 17.9 Å². The average Bonchev–Trinajstić information content (AvgIpc) is 2.66. The molecule has 19 heavy (non-hydrogen) atoms. The minimum Gasteiger partial charge on any atom is -0.312 e. The first-order chi connectivity index (χ1) is 9.20. The van der Waals surface area contributed by atoms with Gasteiger partial charge in [0.1, 0.15) is 0 Å². The summed E-state index contributed by atoms with van der Waals surface area (Å²) in [7, 11) is 0. The third kappa shape index (κ3) is 4.46. The summed E-state index contributed by atoms with van der Waals surface area (Å²) in [6.07, 6.45) is 10.0. The van der Waals surface area contributed by atoms with Crippen LogP contribution in [0.1, 0.15) is 65.7 Å². The highest BCUT2D eigenvalue weighted by atomic mass is 15.2. The molecular weight excluding hydrogens is 232 g/mol. The molecule has 0 aromatic carbocycles. The lowest BCUT2D eigenvalue weighted by molar-refractivity contribution is 0.125. The van der Waals surface area contributed by atoms with E-state index >= 15 is 0 Å². The van der Waals surface area contributed by atoms with Gasteiger partial charge in [0.15, 0.2) is 0 Å². The minimum atomic E-state index is 0.705. The predicted molar refractivity (Wildman–Crippen MR) is 83.5 cm³/mol. The molecule has 2 heteroatoms. The summed E-state index contributed by atoms with van der Waals surface area (Å²) in [5.74, 6) is 1.80. The van der Waals surface area contributed by atoms with Crippen LogP contribution in [0.5, 0.6) is 0 Å². The summed E-state index contributed by atoms with van der Waals surface area (Å²) in [5, 5.41) is 3.74. The first kappa shape index (κ1) is 15.3. The molecule has 112 valence electrons. The van der Waals surface area contributed by atoms with Gasteiger partial charge in [0.2, 0.25) is 0 Å². The molecule has 0 aromatic rings. The van der Waals surface area contributed by atoms with Crippen molar-refractivity contribution in [2.45, 2.75) is 77.8 Å². The Balaban J connectivity index is 1.83. The molecule has 2 rings (SSSR count). The van der Waals surface area contributed by atoms with Gasteiger partial charge in [0, 0.05) is 18.6 Å². The summed E-state index contributed by atoms with van der Waals surface area (Å²) in [6.45, 7) is 10.9. The van der Waals surface area contributed by atoms with Crippen LogP contribution in [0.15, 0.2) is 0 Å². The third-order valence-corrected chi connectivity index (χ3v) is 5.29. The van der Waals surface area contributed by atoms with Crippen molar-refractivity contribution in [1.82, 2.24) is 10.2 Å². The van der Waals surface area contributed by atoms with Crippen LogP contribution in [-0.2, 0) is 0 Å².